The summed E-state index contributed by atoms with van der Waals surface area (Å²) in [5, 5.41) is 5.28. The number of nitrogens with two attached hydrogens (primary N) is 1. The lowest BCUT2D eigenvalue weighted by molar-refractivity contribution is 0.459. The number of hydrogen-bond donors (Lipinski definition) is 1. The maximum Gasteiger partial charge on any atom is 0.167 e. The summed E-state index contributed by atoms with van der Waals surface area (Å²) in [6.07, 6.45) is 0.651. The molecule has 6 heteroatoms. The first-order valence-electron chi connectivity index (χ1n) is 8.45. The van der Waals surface area contributed by atoms with Crippen molar-refractivity contribution in [2.24, 2.45) is 5.73 Å². The highest BCUT2D eigenvalue weighted by Crippen LogP contribution is 2.33. The molecule has 0 aliphatic rings. The van der Waals surface area contributed by atoms with Gasteiger partial charge in [0.1, 0.15) is 10.3 Å². The molecule has 0 saturated carbocycles. The van der Waals surface area contributed by atoms with E-state index in [-0.39, 0.29) is 18.4 Å². The summed E-state index contributed by atoms with van der Waals surface area (Å²) in [5.74, 6) is 0. The van der Waals surface area contributed by atoms with Crippen molar-refractivity contribution >= 4 is 39.3 Å². The number of pyridine rings is 1. The molecule has 4 rings (SSSR count). The van der Waals surface area contributed by atoms with Gasteiger partial charge in [0.2, 0.25) is 0 Å². The standard InChI is InChI=1S/C21H18BrN3O.ClH/c1-13-10-11-20(22)24-18(13)12-17(23)14-6-2-3-7-15(14)21-16-8-4-5-9-19(16)26-25-21;/h2-11,17H,12,23H2,1H3;1H/t17-;/m0./s1. The Hall–Kier alpha value is -2.21. The van der Waals surface area contributed by atoms with Crippen LogP contribution in [-0.2, 0) is 6.42 Å². The lowest BCUT2D eigenvalue weighted by atomic mass is 9.93. The van der Waals surface area contributed by atoms with Gasteiger partial charge in [0.25, 0.3) is 0 Å². The minimum Gasteiger partial charge on any atom is -0.356 e. The fraction of sp³-hybridized carbons (Fsp3) is 0.143. The van der Waals surface area contributed by atoms with E-state index in [1.807, 2.05) is 48.5 Å². The first kappa shape index (κ1) is 19.5. The van der Waals surface area contributed by atoms with Crippen LogP contribution in [-0.4, -0.2) is 10.1 Å². The Kier molecular flexibility index (Phi) is 5.95. The number of fused-ring (bicyclic) bond motifs is 1. The first-order valence-corrected chi connectivity index (χ1v) is 9.24. The molecule has 0 spiro atoms. The molecular formula is C21H19BrClN3O. The van der Waals surface area contributed by atoms with Gasteiger partial charge in [-0.15, -0.1) is 12.4 Å². The minimum absolute atomic E-state index is 0. The number of aryl methyl sites for hydroxylation is 1. The Balaban J connectivity index is 0.00000210. The van der Waals surface area contributed by atoms with Crippen LogP contribution in [0.1, 0.15) is 22.9 Å². The maximum absolute atomic E-state index is 6.58. The molecule has 27 heavy (non-hydrogen) atoms. The normalized spacial score (nSPS) is 12.0. The molecule has 2 N–H and O–H groups in total. The Morgan fingerprint density at radius 3 is 2.63 bits per heavy atom. The van der Waals surface area contributed by atoms with Gasteiger partial charge in [-0.3, -0.25) is 0 Å². The SMILES string of the molecule is Cc1ccc(Br)nc1C[C@H](N)c1ccccc1-c1noc2ccccc12.Cl. The van der Waals surface area contributed by atoms with E-state index in [2.05, 4.69) is 45.1 Å². The zero-order chi connectivity index (χ0) is 18.1. The summed E-state index contributed by atoms with van der Waals surface area (Å²) in [4.78, 5) is 4.58. The third kappa shape index (κ3) is 3.90. The second kappa shape index (κ2) is 8.21. The lowest BCUT2D eigenvalue weighted by Crippen LogP contribution is -2.16. The molecule has 0 amide bonds. The third-order valence-electron chi connectivity index (χ3n) is 4.57. The predicted molar refractivity (Wildman–Crippen MR) is 114 cm³/mol. The van der Waals surface area contributed by atoms with Gasteiger partial charge in [-0.05, 0) is 52.2 Å². The van der Waals surface area contributed by atoms with Crippen molar-refractivity contribution in [1.82, 2.24) is 10.1 Å². The van der Waals surface area contributed by atoms with Gasteiger partial charge in [0.05, 0.1) is 0 Å². The molecule has 2 aromatic heterocycles. The molecule has 0 fully saturated rings. The topological polar surface area (TPSA) is 64.9 Å². The molecule has 0 aliphatic heterocycles. The molecule has 0 radical (unpaired) electrons. The molecule has 4 nitrogen and oxygen atoms in total. The van der Waals surface area contributed by atoms with E-state index in [0.29, 0.717) is 6.42 Å². The summed E-state index contributed by atoms with van der Waals surface area (Å²) < 4.78 is 6.30. The highest BCUT2D eigenvalue weighted by atomic mass is 79.9. The lowest BCUT2D eigenvalue weighted by Gasteiger charge is -2.16. The van der Waals surface area contributed by atoms with Gasteiger partial charge in [-0.1, -0.05) is 47.6 Å². The van der Waals surface area contributed by atoms with E-state index in [1.54, 1.807) is 0 Å². The van der Waals surface area contributed by atoms with Crippen LogP contribution in [0.4, 0.5) is 0 Å². The number of para-hydroxylation sites is 1. The summed E-state index contributed by atoms with van der Waals surface area (Å²) in [6.45, 7) is 2.05. The van der Waals surface area contributed by atoms with E-state index in [0.717, 1.165) is 43.7 Å². The smallest absolute Gasteiger partial charge is 0.167 e. The Morgan fingerprint density at radius 1 is 1.04 bits per heavy atom. The molecule has 0 aliphatic carbocycles. The number of hydrogen-bond acceptors (Lipinski definition) is 4. The maximum atomic E-state index is 6.58. The van der Waals surface area contributed by atoms with E-state index >= 15 is 0 Å². The molecule has 138 valence electrons. The Morgan fingerprint density at radius 2 is 1.78 bits per heavy atom. The van der Waals surface area contributed by atoms with Crippen molar-refractivity contribution in [3.8, 4) is 11.3 Å². The number of nitrogens with zero attached hydrogens (tertiary/aromatic N) is 2. The van der Waals surface area contributed by atoms with E-state index in [9.17, 15) is 0 Å². The summed E-state index contributed by atoms with van der Waals surface area (Å²) in [5.41, 5.74) is 12.3. The quantitative estimate of drug-likeness (QED) is 0.415. The zero-order valence-electron chi connectivity index (χ0n) is 14.7. The average Bonchev–Trinajstić information content (AvgIpc) is 3.08. The number of aromatic nitrogens is 2. The van der Waals surface area contributed by atoms with Crippen LogP contribution in [0, 0.1) is 6.92 Å². The fourth-order valence-electron chi connectivity index (χ4n) is 3.19. The van der Waals surface area contributed by atoms with Crippen molar-refractivity contribution in [1.29, 1.82) is 0 Å². The monoisotopic (exact) mass is 443 g/mol. The number of benzene rings is 2. The molecule has 0 unspecified atom stereocenters. The van der Waals surface area contributed by atoms with E-state index in [1.165, 1.54) is 0 Å². The van der Waals surface area contributed by atoms with Crippen LogP contribution >= 0.6 is 28.3 Å². The van der Waals surface area contributed by atoms with Crippen molar-refractivity contribution in [3.05, 3.63) is 82.1 Å². The van der Waals surface area contributed by atoms with Crippen molar-refractivity contribution < 1.29 is 4.52 Å². The van der Waals surface area contributed by atoms with Gasteiger partial charge >= 0.3 is 0 Å². The second-order valence-electron chi connectivity index (χ2n) is 6.32. The Labute approximate surface area is 172 Å². The Bertz CT molecular complexity index is 1080. The van der Waals surface area contributed by atoms with Crippen LogP contribution in [0.15, 0.2) is 69.8 Å². The van der Waals surface area contributed by atoms with Crippen molar-refractivity contribution in [3.63, 3.8) is 0 Å². The van der Waals surface area contributed by atoms with E-state index in [4.69, 9.17) is 10.3 Å². The number of halogens is 2. The van der Waals surface area contributed by atoms with Crippen molar-refractivity contribution in [2.75, 3.05) is 0 Å². The van der Waals surface area contributed by atoms with Gasteiger partial charge in [0, 0.05) is 29.1 Å². The van der Waals surface area contributed by atoms with Crippen LogP contribution < -0.4 is 5.73 Å². The molecule has 0 bridgehead atoms. The first-order chi connectivity index (χ1) is 12.6. The minimum atomic E-state index is -0.192. The third-order valence-corrected chi connectivity index (χ3v) is 5.02. The highest BCUT2D eigenvalue weighted by molar-refractivity contribution is 9.10. The van der Waals surface area contributed by atoms with Crippen LogP contribution in [0.25, 0.3) is 22.2 Å². The molecular weight excluding hydrogens is 426 g/mol. The van der Waals surface area contributed by atoms with Crippen LogP contribution in [0.2, 0.25) is 0 Å². The molecule has 1 atom stereocenters. The van der Waals surface area contributed by atoms with Crippen LogP contribution in [0.3, 0.4) is 0 Å². The van der Waals surface area contributed by atoms with Gasteiger partial charge in [0.15, 0.2) is 5.58 Å². The summed E-state index contributed by atoms with van der Waals surface area (Å²) in [6, 6.07) is 19.8. The zero-order valence-corrected chi connectivity index (χ0v) is 17.1. The van der Waals surface area contributed by atoms with Crippen LogP contribution in [0.5, 0.6) is 0 Å². The van der Waals surface area contributed by atoms with E-state index < -0.39 is 0 Å². The number of rotatable bonds is 4. The largest absolute Gasteiger partial charge is 0.356 e. The predicted octanol–water partition coefficient (Wildman–Crippen LogP) is 5.63. The second-order valence-corrected chi connectivity index (χ2v) is 7.14. The fourth-order valence-corrected chi connectivity index (χ4v) is 3.53. The summed E-state index contributed by atoms with van der Waals surface area (Å²) in [7, 11) is 0. The molecule has 2 aromatic carbocycles. The van der Waals surface area contributed by atoms with Gasteiger partial charge < -0.3 is 10.3 Å². The van der Waals surface area contributed by atoms with Gasteiger partial charge in [-0.2, -0.15) is 0 Å². The highest BCUT2D eigenvalue weighted by Gasteiger charge is 2.18. The molecule has 0 saturated heterocycles. The summed E-state index contributed by atoms with van der Waals surface area (Å²) >= 11 is 3.44. The molecule has 4 aromatic rings. The van der Waals surface area contributed by atoms with Gasteiger partial charge in [-0.25, -0.2) is 4.98 Å². The molecule has 2 heterocycles. The van der Waals surface area contributed by atoms with Crippen molar-refractivity contribution in [2.45, 2.75) is 19.4 Å². The average molecular weight is 445 g/mol.